The Labute approximate surface area is 150 Å². The van der Waals surface area contributed by atoms with Gasteiger partial charge < -0.3 is 13.9 Å². The lowest BCUT2D eigenvalue weighted by molar-refractivity contribution is 0.00578. The van der Waals surface area contributed by atoms with Crippen molar-refractivity contribution in [3.63, 3.8) is 0 Å². The Hall–Kier alpha value is -1.85. The molecule has 0 atom stereocenters. The number of fused-ring (bicyclic) bond motifs is 1. The molecule has 0 amide bonds. The van der Waals surface area contributed by atoms with Crippen LogP contribution in [0, 0.1) is 0 Å². The van der Waals surface area contributed by atoms with Crippen molar-refractivity contribution in [3.8, 4) is 0 Å². The number of para-hydroxylation sites is 2. The molecule has 0 saturated carbocycles. The lowest BCUT2D eigenvalue weighted by atomic mass is 9.84. The number of aromatic nitrogens is 2. The fourth-order valence-corrected chi connectivity index (χ4v) is 3.07. The molecule has 1 aliphatic rings. The molecule has 3 rings (SSSR count). The Morgan fingerprint density at radius 1 is 1.16 bits per heavy atom. The van der Waals surface area contributed by atoms with Gasteiger partial charge in [-0.25, -0.2) is 4.98 Å². The number of benzene rings is 1. The normalized spacial score (nSPS) is 20.1. The Morgan fingerprint density at radius 3 is 2.40 bits per heavy atom. The monoisotopic (exact) mass is 338 g/mol. The predicted molar refractivity (Wildman–Crippen MR) is 104 cm³/mol. The predicted octanol–water partition coefficient (Wildman–Crippen LogP) is 4.63. The zero-order chi connectivity index (χ0) is 18.2. The van der Waals surface area contributed by atoms with Gasteiger partial charge in [0.05, 0.1) is 22.2 Å². The van der Waals surface area contributed by atoms with E-state index in [-0.39, 0.29) is 18.3 Å². The first-order valence-corrected chi connectivity index (χ1v) is 8.85. The van der Waals surface area contributed by atoms with E-state index in [4.69, 9.17) is 14.3 Å². The minimum atomic E-state index is -0.285. The van der Waals surface area contributed by atoms with Crippen molar-refractivity contribution < 1.29 is 9.31 Å². The van der Waals surface area contributed by atoms with Crippen LogP contribution in [0.3, 0.4) is 0 Å². The Balaban J connectivity index is 1.75. The molecule has 1 aromatic carbocycles. The molecule has 132 valence electrons. The first-order valence-electron chi connectivity index (χ1n) is 8.85. The van der Waals surface area contributed by atoms with Crippen LogP contribution in [0.4, 0.5) is 0 Å². The summed E-state index contributed by atoms with van der Waals surface area (Å²) in [5, 5.41) is 0. The van der Waals surface area contributed by atoms with Crippen LogP contribution in [0.15, 0.2) is 42.5 Å². The summed E-state index contributed by atoms with van der Waals surface area (Å²) in [6, 6.07) is 8.19. The Bertz CT molecular complexity index is 817. The maximum Gasteiger partial charge on any atom is 0.461 e. The summed E-state index contributed by atoms with van der Waals surface area (Å²) < 4.78 is 14.2. The highest BCUT2D eigenvalue weighted by molar-refractivity contribution is 6.46. The SMILES string of the molecule is C/C=C(\C=C/CB1OC(C)(C)C(C)(C)O1)c1nc2ccccc2n1C. The first kappa shape index (κ1) is 18.0. The van der Waals surface area contributed by atoms with Crippen LogP contribution in [-0.4, -0.2) is 27.9 Å². The second-order valence-corrected chi connectivity index (χ2v) is 7.55. The molecule has 1 fully saturated rings. The molecule has 1 aromatic heterocycles. The highest BCUT2D eigenvalue weighted by atomic mass is 16.7. The largest absolute Gasteiger partial charge is 0.461 e. The fraction of sp³-hybridized carbons (Fsp3) is 0.450. The van der Waals surface area contributed by atoms with Crippen molar-refractivity contribution >= 4 is 23.7 Å². The zero-order valence-corrected chi connectivity index (χ0v) is 16.0. The van der Waals surface area contributed by atoms with Crippen molar-refractivity contribution in [1.82, 2.24) is 9.55 Å². The van der Waals surface area contributed by atoms with Gasteiger partial charge in [0, 0.05) is 18.9 Å². The average molecular weight is 338 g/mol. The summed E-state index contributed by atoms with van der Waals surface area (Å²) in [5.74, 6) is 0.967. The quantitative estimate of drug-likeness (QED) is 0.603. The maximum absolute atomic E-state index is 6.04. The van der Waals surface area contributed by atoms with Gasteiger partial charge >= 0.3 is 7.12 Å². The van der Waals surface area contributed by atoms with Gasteiger partial charge in [-0.1, -0.05) is 30.4 Å². The summed E-state index contributed by atoms with van der Waals surface area (Å²) in [7, 11) is 1.84. The van der Waals surface area contributed by atoms with Gasteiger partial charge in [-0.05, 0) is 46.8 Å². The standard InChI is InChI=1S/C20H27BN2O2/c1-7-15(18-22-16-12-8-9-13-17(16)23(18)6)11-10-14-21-24-19(2,3)20(4,5)25-21/h7-13H,14H2,1-6H3/b11-10-,15-7+. The molecular formula is C20H27BN2O2. The smallest absolute Gasteiger partial charge is 0.403 e. The Kier molecular flexibility index (Phi) is 4.65. The molecule has 0 aliphatic carbocycles. The number of nitrogens with zero attached hydrogens (tertiary/aromatic N) is 2. The minimum absolute atomic E-state index is 0.209. The topological polar surface area (TPSA) is 36.3 Å². The molecule has 0 spiro atoms. The van der Waals surface area contributed by atoms with Crippen molar-refractivity contribution in [3.05, 3.63) is 48.3 Å². The van der Waals surface area contributed by atoms with Crippen molar-refractivity contribution in [1.29, 1.82) is 0 Å². The number of rotatable bonds is 4. The fourth-order valence-electron chi connectivity index (χ4n) is 3.07. The number of allylic oxidation sites excluding steroid dienone is 4. The molecule has 0 unspecified atom stereocenters. The number of imidazole rings is 1. The second kappa shape index (κ2) is 6.47. The highest BCUT2D eigenvalue weighted by Crippen LogP contribution is 2.37. The number of hydrogen-bond donors (Lipinski definition) is 0. The van der Waals surface area contributed by atoms with Gasteiger partial charge in [-0.3, -0.25) is 0 Å². The second-order valence-electron chi connectivity index (χ2n) is 7.55. The molecule has 1 saturated heterocycles. The Morgan fingerprint density at radius 2 is 1.80 bits per heavy atom. The van der Waals surface area contributed by atoms with Gasteiger partial charge in [-0.2, -0.15) is 0 Å². The van der Waals surface area contributed by atoms with E-state index in [0.717, 1.165) is 22.4 Å². The van der Waals surface area contributed by atoms with E-state index < -0.39 is 0 Å². The van der Waals surface area contributed by atoms with Crippen molar-refractivity contribution in [2.45, 2.75) is 52.1 Å². The summed E-state index contributed by atoms with van der Waals surface area (Å²) in [4.78, 5) is 4.76. The van der Waals surface area contributed by atoms with Crippen LogP contribution in [0.1, 0.15) is 40.4 Å². The molecule has 4 nitrogen and oxygen atoms in total. The van der Waals surface area contributed by atoms with E-state index >= 15 is 0 Å². The molecule has 1 aliphatic heterocycles. The minimum Gasteiger partial charge on any atom is -0.403 e. The van der Waals surface area contributed by atoms with E-state index in [9.17, 15) is 0 Å². The summed E-state index contributed by atoms with van der Waals surface area (Å²) in [5.41, 5.74) is 2.67. The first-order chi connectivity index (χ1) is 11.7. The summed E-state index contributed by atoms with van der Waals surface area (Å²) in [6.07, 6.45) is 7.01. The molecule has 0 bridgehead atoms. The van der Waals surface area contributed by atoms with Gasteiger partial charge in [-0.15, -0.1) is 0 Å². The highest BCUT2D eigenvalue weighted by Gasteiger charge is 2.50. The van der Waals surface area contributed by atoms with E-state index in [2.05, 4.69) is 63.6 Å². The van der Waals surface area contributed by atoms with Crippen LogP contribution in [-0.2, 0) is 16.4 Å². The molecule has 25 heavy (non-hydrogen) atoms. The lowest BCUT2D eigenvalue weighted by Crippen LogP contribution is -2.41. The van der Waals surface area contributed by atoms with Crippen molar-refractivity contribution in [2.75, 3.05) is 0 Å². The average Bonchev–Trinajstić information content (AvgIpc) is 2.98. The van der Waals surface area contributed by atoms with Crippen LogP contribution in [0.2, 0.25) is 6.32 Å². The van der Waals surface area contributed by atoms with E-state index in [1.54, 1.807) is 0 Å². The third kappa shape index (κ3) is 3.31. The number of aryl methyl sites for hydroxylation is 1. The van der Waals surface area contributed by atoms with Crippen LogP contribution in [0.5, 0.6) is 0 Å². The van der Waals surface area contributed by atoms with E-state index in [1.165, 1.54) is 0 Å². The van der Waals surface area contributed by atoms with Gasteiger partial charge in [0.1, 0.15) is 5.82 Å². The maximum atomic E-state index is 6.04. The number of hydrogen-bond acceptors (Lipinski definition) is 3. The van der Waals surface area contributed by atoms with Gasteiger partial charge in [0.15, 0.2) is 0 Å². The summed E-state index contributed by atoms with van der Waals surface area (Å²) in [6.45, 7) is 10.3. The van der Waals surface area contributed by atoms with Crippen LogP contribution >= 0.6 is 0 Å². The summed E-state index contributed by atoms with van der Waals surface area (Å²) >= 11 is 0. The molecular weight excluding hydrogens is 311 g/mol. The lowest BCUT2D eigenvalue weighted by Gasteiger charge is -2.32. The third-order valence-electron chi connectivity index (χ3n) is 5.28. The molecule has 2 aromatic rings. The van der Waals surface area contributed by atoms with Crippen LogP contribution in [0.25, 0.3) is 16.6 Å². The van der Waals surface area contributed by atoms with E-state index in [1.807, 2.05) is 25.1 Å². The molecule has 0 N–H and O–H groups in total. The van der Waals surface area contributed by atoms with E-state index in [0.29, 0.717) is 6.32 Å². The molecule has 2 heterocycles. The molecule has 5 heteroatoms. The molecule has 0 radical (unpaired) electrons. The zero-order valence-electron chi connectivity index (χ0n) is 16.0. The van der Waals surface area contributed by atoms with Gasteiger partial charge in [0.25, 0.3) is 0 Å². The van der Waals surface area contributed by atoms with Gasteiger partial charge in [0.2, 0.25) is 0 Å². The van der Waals surface area contributed by atoms with Crippen LogP contribution < -0.4 is 0 Å². The van der Waals surface area contributed by atoms with Crippen molar-refractivity contribution in [2.24, 2.45) is 7.05 Å². The third-order valence-corrected chi connectivity index (χ3v) is 5.28.